The zero-order valence-corrected chi connectivity index (χ0v) is 16.7. The van der Waals surface area contributed by atoms with Crippen molar-refractivity contribution in [2.45, 2.75) is 13.0 Å². The average molecular weight is 418 g/mol. The minimum atomic E-state index is -0.992. The average Bonchev–Trinajstić information content (AvgIpc) is 2.72. The Balaban J connectivity index is 1.55. The van der Waals surface area contributed by atoms with Crippen LogP contribution in [0.5, 0.6) is 17.2 Å². The number of carbonyl (C=O) groups excluding carboxylic acids is 2. The second-order valence-corrected chi connectivity index (χ2v) is 6.56. The highest BCUT2D eigenvalue weighted by atomic mass is 35.5. The molecule has 0 spiro atoms. The molecule has 7 nitrogen and oxygen atoms in total. The molecule has 8 heteroatoms. The standard InChI is InChI=1S/C21H20ClNO6/c1-13(21(25)23-15-5-7-17(26-2)16(22)12-15)29-20(24)8-4-14-3-6-18-19(11-14)28-10-9-27-18/h3-8,11-13H,9-10H2,1-2H3,(H,23,25)/b8-4+/t13-/m1/s1. The fourth-order valence-electron chi connectivity index (χ4n) is 2.58. The van der Waals surface area contributed by atoms with Gasteiger partial charge in [0, 0.05) is 11.8 Å². The third-order valence-electron chi connectivity index (χ3n) is 4.06. The molecule has 0 aromatic heterocycles. The lowest BCUT2D eigenvalue weighted by molar-refractivity contribution is -0.148. The molecule has 2 aromatic rings. The maximum absolute atomic E-state index is 12.2. The molecule has 0 bridgehead atoms. The first-order valence-corrected chi connectivity index (χ1v) is 9.27. The highest BCUT2D eigenvalue weighted by Crippen LogP contribution is 2.31. The summed E-state index contributed by atoms with van der Waals surface area (Å²) in [5.41, 5.74) is 1.21. The molecule has 0 fully saturated rings. The molecule has 1 aliphatic rings. The molecule has 1 N–H and O–H groups in total. The molecule has 0 saturated heterocycles. The molecule has 3 rings (SSSR count). The van der Waals surface area contributed by atoms with Crippen molar-refractivity contribution in [2.24, 2.45) is 0 Å². The number of hydrogen-bond acceptors (Lipinski definition) is 6. The van der Waals surface area contributed by atoms with Gasteiger partial charge in [0.1, 0.15) is 19.0 Å². The van der Waals surface area contributed by atoms with Crippen LogP contribution < -0.4 is 19.5 Å². The molecule has 0 aliphatic carbocycles. The van der Waals surface area contributed by atoms with E-state index >= 15 is 0 Å². The van der Waals surface area contributed by atoms with Crippen LogP contribution in [0.25, 0.3) is 6.08 Å². The molecule has 152 valence electrons. The van der Waals surface area contributed by atoms with Crippen molar-refractivity contribution in [3.05, 3.63) is 53.1 Å². The van der Waals surface area contributed by atoms with Crippen molar-refractivity contribution in [2.75, 3.05) is 25.6 Å². The number of nitrogens with one attached hydrogen (secondary N) is 1. The van der Waals surface area contributed by atoms with Gasteiger partial charge in [0.05, 0.1) is 12.1 Å². The van der Waals surface area contributed by atoms with E-state index in [2.05, 4.69) is 5.32 Å². The number of carbonyl (C=O) groups is 2. The van der Waals surface area contributed by atoms with Crippen molar-refractivity contribution in [3.8, 4) is 17.2 Å². The number of ether oxygens (including phenoxy) is 4. The van der Waals surface area contributed by atoms with E-state index < -0.39 is 18.0 Å². The second kappa shape index (κ2) is 9.34. The molecule has 0 radical (unpaired) electrons. The number of amides is 1. The van der Waals surface area contributed by atoms with E-state index in [1.807, 2.05) is 0 Å². The van der Waals surface area contributed by atoms with E-state index in [-0.39, 0.29) is 0 Å². The first-order valence-electron chi connectivity index (χ1n) is 8.89. The van der Waals surface area contributed by atoms with Gasteiger partial charge < -0.3 is 24.3 Å². The number of hydrogen-bond donors (Lipinski definition) is 1. The summed E-state index contributed by atoms with van der Waals surface area (Å²) in [6, 6.07) is 10.1. The molecule has 1 aliphatic heterocycles. The van der Waals surface area contributed by atoms with Gasteiger partial charge in [-0.15, -0.1) is 0 Å². The predicted molar refractivity (Wildman–Crippen MR) is 109 cm³/mol. The zero-order chi connectivity index (χ0) is 20.8. The maximum atomic E-state index is 12.2. The number of benzene rings is 2. The van der Waals surface area contributed by atoms with E-state index in [0.717, 1.165) is 5.56 Å². The van der Waals surface area contributed by atoms with Crippen LogP contribution >= 0.6 is 11.6 Å². The fourth-order valence-corrected chi connectivity index (χ4v) is 2.84. The molecule has 1 atom stereocenters. The Morgan fingerprint density at radius 3 is 2.62 bits per heavy atom. The van der Waals surface area contributed by atoms with Crippen molar-refractivity contribution >= 4 is 35.2 Å². The van der Waals surface area contributed by atoms with Crippen LogP contribution in [0.4, 0.5) is 5.69 Å². The Labute approximate surface area is 173 Å². The largest absolute Gasteiger partial charge is 0.495 e. The number of esters is 1. The molecule has 2 aromatic carbocycles. The lowest BCUT2D eigenvalue weighted by Crippen LogP contribution is -2.29. The summed E-state index contributed by atoms with van der Waals surface area (Å²) in [5, 5.41) is 3.00. The lowest BCUT2D eigenvalue weighted by Gasteiger charge is -2.18. The first kappa shape index (κ1) is 20.5. The number of methoxy groups -OCH3 is 1. The molecule has 1 heterocycles. The third kappa shape index (κ3) is 5.42. The summed E-state index contributed by atoms with van der Waals surface area (Å²) >= 11 is 6.03. The van der Waals surface area contributed by atoms with Gasteiger partial charge >= 0.3 is 5.97 Å². The minimum absolute atomic E-state index is 0.359. The lowest BCUT2D eigenvalue weighted by atomic mass is 10.2. The van der Waals surface area contributed by atoms with Crippen LogP contribution in [0.15, 0.2) is 42.5 Å². The highest BCUT2D eigenvalue weighted by Gasteiger charge is 2.17. The van der Waals surface area contributed by atoms with Gasteiger partial charge in [-0.05, 0) is 48.9 Å². The summed E-state index contributed by atoms with van der Waals surface area (Å²) in [5.74, 6) is 0.661. The van der Waals surface area contributed by atoms with E-state index in [1.54, 1.807) is 42.5 Å². The van der Waals surface area contributed by atoms with Gasteiger partial charge in [0.2, 0.25) is 0 Å². The van der Waals surface area contributed by atoms with Gasteiger partial charge in [0.15, 0.2) is 17.6 Å². The summed E-state index contributed by atoms with van der Waals surface area (Å²) in [4.78, 5) is 24.3. The normalized spacial score (nSPS) is 13.6. The smallest absolute Gasteiger partial charge is 0.331 e. The second-order valence-electron chi connectivity index (χ2n) is 6.15. The summed E-state index contributed by atoms with van der Waals surface area (Å²) in [6.45, 7) is 2.47. The summed E-state index contributed by atoms with van der Waals surface area (Å²) < 4.78 is 21.2. The third-order valence-corrected chi connectivity index (χ3v) is 4.35. The predicted octanol–water partition coefficient (Wildman–Crippen LogP) is 3.70. The van der Waals surface area contributed by atoms with Crippen LogP contribution in [0.2, 0.25) is 5.02 Å². The van der Waals surface area contributed by atoms with Crippen LogP contribution in [0, 0.1) is 0 Å². The number of fused-ring (bicyclic) bond motifs is 1. The van der Waals surface area contributed by atoms with E-state index in [1.165, 1.54) is 20.1 Å². The van der Waals surface area contributed by atoms with Gasteiger partial charge in [-0.25, -0.2) is 4.79 Å². The molecule has 1 amide bonds. The SMILES string of the molecule is COc1ccc(NC(=O)[C@@H](C)OC(=O)/C=C/c2ccc3c(c2)OCCO3)cc1Cl. The summed E-state index contributed by atoms with van der Waals surface area (Å²) in [6.07, 6.45) is 1.83. The van der Waals surface area contributed by atoms with E-state index in [9.17, 15) is 9.59 Å². The van der Waals surface area contributed by atoms with Crippen LogP contribution in [0.3, 0.4) is 0 Å². The van der Waals surface area contributed by atoms with Gasteiger partial charge in [-0.1, -0.05) is 17.7 Å². The fraction of sp³-hybridized carbons (Fsp3) is 0.238. The Hall–Kier alpha value is -3.19. The summed E-state index contributed by atoms with van der Waals surface area (Å²) in [7, 11) is 1.50. The Morgan fingerprint density at radius 1 is 1.14 bits per heavy atom. The van der Waals surface area contributed by atoms with E-state index in [0.29, 0.717) is 41.2 Å². The van der Waals surface area contributed by atoms with Crippen molar-refractivity contribution < 1.29 is 28.5 Å². The van der Waals surface area contributed by atoms with Gasteiger partial charge in [-0.2, -0.15) is 0 Å². The van der Waals surface area contributed by atoms with Crippen molar-refractivity contribution in [1.82, 2.24) is 0 Å². The van der Waals surface area contributed by atoms with Gasteiger partial charge in [-0.3, -0.25) is 4.79 Å². The van der Waals surface area contributed by atoms with Crippen LogP contribution in [-0.4, -0.2) is 38.3 Å². The zero-order valence-electron chi connectivity index (χ0n) is 15.9. The molecular weight excluding hydrogens is 398 g/mol. The molecule has 0 saturated carbocycles. The number of rotatable bonds is 6. The van der Waals surface area contributed by atoms with Gasteiger partial charge in [0.25, 0.3) is 5.91 Å². The molecule has 0 unspecified atom stereocenters. The first-order chi connectivity index (χ1) is 14.0. The Kier molecular flexibility index (Phi) is 6.61. The minimum Gasteiger partial charge on any atom is -0.495 e. The van der Waals surface area contributed by atoms with E-state index in [4.69, 9.17) is 30.5 Å². The number of anilines is 1. The molecular formula is C21H20ClNO6. The Morgan fingerprint density at radius 2 is 1.90 bits per heavy atom. The monoisotopic (exact) mass is 417 g/mol. The number of halogens is 1. The molecule has 29 heavy (non-hydrogen) atoms. The van der Waals surface area contributed by atoms with Crippen LogP contribution in [-0.2, 0) is 14.3 Å². The maximum Gasteiger partial charge on any atom is 0.331 e. The quantitative estimate of drug-likeness (QED) is 0.570. The van der Waals surface area contributed by atoms with Crippen molar-refractivity contribution in [3.63, 3.8) is 0 Å². The highest BCUT2D eigenvalue weighted by molar-refractivity contribution is 6.32. The topological polar surface area (TPSA) is 83.1 Å². The Bertz CT molecular complexity index is 943. The van der Waals surface area contributed by atoms with Crippen molar-refractivity contribution in [1.29, 1.82) is 0 Å². The van der Waals surface area contributed by atoms with Crippen LogP contribution in [0.1, 0.15) is 12.5 Å².